The van der Waals surface area contributed by atoms with Crippen molar-refractivity contribution in [3.63, 3.8) is 0 Å². The van der Waals surface area contributed by atoms with Crippen LogP contribution < -0.4 is 0 Å². The molecular formula is C16H17NOS. The molecule has 0 bridgehead atoms. The number of rotatable bonds is 2. The monoisotopic (exact) mass is 271 g/mol. The normalized spacial score (nSPS) is 14.5. The lowest BCUT2D eigenvalue weighted by Crippen LogP contribution is -2.07. The van der Waals surface area contributed by atoms with E-state index in [1.54, 1.807) is 11.3 Å². The fourth-order valence-corrected chi connectivity index (χ4v) is 3.59. The first-order valence-corrected chi connectivity index (χ1v) is 7.53. The van der Waals surface area contributed by atoms with E-state index in [9.17, 15) is 4.79 Å². The Morgan fingerprint density at radius 2 is 2.05 bits per heavy atom. The second-order valence-electron chi connectivity index (χ2n) is 5.26. The van der Waals surface area contributed by atoms with Gasteiger partial charge in [0.1, 0.15) is 0 Å². The predicted octanol–water partition coefficient (Wildman–Crippen LogP) is 3.87. The summed E-state index contributed by atoms with van der Waals surface area (Å²) >= 11 is 1.59. The number of hydrogen-bond donors (Lipinski definition) is 0. The van der Waals surface area contributed by atoms with Crippen molar-refractivity contribution < 1.29 is 4.79 Å². The molecule has 1 aromatic heterocycles. The van der Waals surface area contributed by atoms with Crippen molar-refractivity contribution in [3.8, 4) is 0 Å². The molecule has 1 aromatic carbocycles. The third kappa shape index (κ3) is 2.47. The Kier molecular flexibility index (Phi) is 3.23. The van der Waals surface area contributed by atoms with Crippen LogP contribution in [0.15, 0.2) is 18.2 Å². The van der Waals surface area contributed by atoms with Gasteiger partial charge in [0.2, 0.25) is 0 Å². The molecule has 0 unspecified atom stereocenters. The molecule has 0 N–H and O–H groups in total. The van der Waals surface area contributed by atoms with Crippen molar-refractivity contribution in [1.29, 1.82) is 0 Å². The molecule has 3 heteroatoms. The Morgan fingerprint density at radius 1 is 1.21 bits per heavy atom. The summed E-state index contributed by atoms with van der Waals surface area (Å²) in [6.45, 7) is 4.26. The smallest absolute Gasteiger partial charge is 0.174 e. The topological polar surface area (TPSA) is 30.0 Å². The molecule has 0 fully saturated rings. The molecule has 0 spiro atoms. The Balaban J connectivity index is 1.87. The van der Waals surface area contributed by atoms with Crippen molar-refractivity contribution >= 4 is 17.1 Å². The zero-order valence-electron chi connectivity index (χ0n) is 11.3. The highest BCUT2D eigenvalue weighted by molar-refractivity contribution is 7.13. The molecule has 0 radical (unpaired) electrons. The summed E-state index contributed by atoms with van der Waals surface area (Å²) in [5.41, 5.74) is 4.94. The number of ketones is 1. The lowest BCUT2D eigenvalue weighted by molar-refractivity contribution is 0.0976. The van der Waals surface area contributed by atoms with Crippen LogP contribution in [0.5, 0.6) is 0 Å². The maximum atomic E-state index is 11.8. The second kappa shape index (κ2) is 4.89. The summed E-state index contributed by atoms with van der Waals surface area (Å²) in [7, 11) is 0. The van der Waals surface area contributed by atoms with E-state index < -0.39 is 0 Å². The third-order valence-corrected chi connectivity index (χ3v) is 4.88. The summed E-state index contributed by atoms with van der Waals surface area (Å²) < 4.78 is 0. The highest BCUT2D eigenvalue weighted by atomic mass is 32.1. The fourth-order valence-electron chi connectivity index (χ4n) is 2.48. The minimum atomic E-state index is 0.282. The quantitative estimate of drug-likeness (QED) is 0.830. The Bertz CT molecular complexity index is 642. The van der Waals surface area contributed by atoms with Crippen LogP contribution in [0.3, 0.4) is 0 Å². The number of Topliss-reactive ketones (excluding diaryl/α,β-unsaturated/α-hetero) is 1. The average Bonchev–Trinajstić information content (AvgIpc) is 2.78. The summed E-state index contributed by atoms with van der Waals surface area (Å²) in [4.78, 5) is 17.4. The number of hydrogen-bond acceptors (Lipinski definition) is 3. The maximum Gasteiger partial charge on any atom is 0.174 e. The Morgan fingerprint density at radius 3 is 2.79 bits per heavy atom. The first-order valence-electron chi connectivity index (χ1n) is 6.71. The van der Waals surface area contributed by atoms with E-state index in [1.165, 1.54) is 16.7 Å². The van der Waals surface area contributed by atoms with Gasteiger partial charge in [0, 0.05) is 12.8 Å². The lowest BCUT2D eigenvalue weighted by atomic mass is 10.0. The first kappa shape index (κ1) is 12.5. The van der Waals surface area contributed by atoms with Gasteiger partial charge in [0.25, 0.3) is 0 Å². The predicted molar refractivity (Wildman–Crippen MR) is 78.1 cm³/mol. The van der Waals surface area contributed by atoms with E-state index >= 15 is 0 Å². The maximum absolute atomic E-state index is 11.8. The molecule has 0 aliphatic heterocycles. The fraction of sp³-hybridized carbons (Fsp3) is 0.375. The molecule has 0 atom stereocenters. The van der Waals surface area contributed by atoms with Crippen molar-refractivity contribution in [1.82, 2.24) is 4.98 Å². The van der Waals surface area contributed by atoms with Crippen LogP contribution in [0.2, 0.25) is 0 Å². The molecular weight excluding hydrogens is 254 g/mol. The summed E-state index contributed by atoms with van der Waals surface area (Å²) in [6, 6.07) is 6.53. The van der Waals surface area contributed by atoms with Crippen LogP contribution in [0.4, 0.5) is 0 Å². The molecule has 19 heavy (non-hydrogen) atoms. The molecule has 1 heterocycles. The average molecular weight is 271 g/mol. The van der Waals surface area contributed by atoms with Gasteiger partial charge in [-0.3, -0.25) is 4.79 Å². The van der Waals surface area contributed by atoms with Gasteiger partial charge in [-0.25, -0.2) is 4.98 Å². The number of fused-ring (bicyclic) bond motifs is 1. The van der Waals surface area contributed by atoms with Crippen molar-refractivity contribution in [2.45, 2.75) is 39.5 Å². The molecule has 1 aliphatic carbocycles. The highest BCUT2D eigenvalue weighted by Crippen LogP contribution is 2.28. The van der Waals surface area contributed by atoms with Gasteiger partial charge in [0.05, 0.1) is 15.6 Å². The van der Waals surface area contributed by atoms with Crippen molar-refractivity contribution in [2.75, 3.05) is 0 Å². The van der Waals surface area contributed by atoms with Crippen LogP contribution in [-0.2, 0) is 12.8 Å². The summed E-state index contributed by atoms with van der Waals surface area (Å²) in [6.07, 6.45) is 3.45. The van der Waals surface area contributed by atoms with Gasteiger partial charge < -0.3 is 0 Å². The molecule has 0 amide bonds. The van der Waals surface area contributed by atoms with Crippen molar-refractivity contribution in [2.24, 2.45) is 0 Å². The van der Waals surface area contributed by atoms with Gasteiger partial charge in [-0.2, -0.15) is 0 Å². The van der Waals surface area contributed by atoms with Crippen LogP contribution in [0.25, 0.3) is 0 Å². The number of nitrogens with zero attached hydrogens (tertiary/aromatic N) is 1. The Hall–Kier alpha value is -1.48. The molecule has 3 rings (SSSR count). The standard InChI is InChI=1S/C16H17NOS/c1-10-6-7-12(8-11(10)2)9-15-17-13-4-3-5-14(18)16(13)19-15/h6-8H,3-5,9H2,1-2H3. The zero-order chi connectivity index (χ0) is 13.4. The number of thiazole rings is 1. The van der Waals surface area contributed by atoms with Crippen LogP contribution in [0, 0.1) is 13.8 Å². The van der Waals surface area contributed by atoms with E-state index in [2.05, 4.69) is 37.0 Å². The first-order chi connectivity index (χ1) is 9.13. The number of aromatic nitrogens is 1. The minimum absolute atomic E-state index is 0.282. The number of aryl methyl sites for hydroxylation is 3. The number of benzene rings is 1. The van der Waals surface area contributed by atoms with Crippen molar-refractivity contribution in [3.05, 3.63) is 50.5 Å². The van der Waals surface area contributed by atoms with E-state index in [4.69, 9.17) is 0 Å². The van der Waals surface area contributed by atoms with Gasteiger partial charge in [0.15, 0.2) is 5.78 Å². The van der Waals surface area contributed by atoms with Crippen LogP contribution >= 0.6 is 11.3 Å². The van der Waals surface area contributed by atoms with E-state index in [0.717, 1.165) is 34.8 Å². The van der Waals surface area contributed by atoms with E-state index in [1.807, 2.05) is 0 Å². The third-order valence-electron chi connectivity index (χ3n) is 3.74. The van der Waals surface area contributed by atoms with Gasteiger partial charge in [-0.05, 0) is 43.4 Å². The Labute approximate surface area is 117 Å². The molecule has 0 saturated carbocycles. The minimum Gasteiger partial charge on any atom is -0.293 e. The number of carbonyl (C=O) groups is 1. The molecule has 1 aliphatic rings. The molecule has 0 saturated heterocycles. The van der Waals surface area contributed by atoms with E-state index in [0.29, 0.717) is 6.42 Å². The van der Waals surface area contributed by atoms with E-state index in [-0.39, 0.29) is 5.78 Å². The molecule has 2 aromatic rings. The van der Waals surface area contributed by atoms with Gasteiger partial charge in [-0.1, -0.05) is 18.2 Å². The second-order valence-corrected chi connectivity index (χ2v) is 6.34. The highest BCUT2D eigenvalue weighted by Gasteiger charge is 2.21. The summed E-state index contributed by atoms with van der Waals surface area (Å²) in [5, 5.41) is 1.07. The number of carbonyl (C=O) groups excluding carboxylic acids is 1. The summed E-state index contributed by atoms with van der Waals surface area (Å²) in [5.74, 6) is 0.282. The SMILES string of the molecule is Cc1ccc(Cc2nc3c(s2)C(=O)CCC3)cc1C. The van der Waals surface area contributed by atoms with Crippen LogP contribution in [0.1, 0.15) is 49.9 Å². The molecule has 2 nitrogen and oxygen atoms in total. The van der Waals surface area contributed by atoms with Gasteiger partial charge >= 0.3 is 0 Å². The zero-order valence-corrected chi connectivity index (χ0v) is 12.1. The largest absolute Gasteiger partial charge is 0.293 e. The lowest BCUT2D eigenvalue weighted by Gasteiger charge is -2.06. The van der Waals surface area contributed by atoms with Gasteiger partial charge in [-0.15, -0.1) is 11.3 Å². The van der Waals surface area contributed by atoms with Crippen LogP contribution in [-0.4, -0.2) is 10.8 Å². The molecule has 98 valence electrons.